The fourth-order valence-corrected chi connectivity index (χ4v) is 2.36. The zero-order valence-electron chi connectivity index (χ0n) is 11.3. The van der Waals surface area contributed by atoms with Crippen LogP contribution in [0.1, 0.15) is 61.5 Å². The first-order valence-corrected chi connectivity index (χ1v) is 7.07. The fraction of sp³-hybridized carbons (Fsp3) is 0.571. The Kier molecular flexibility index (Phi) is 4.77. The Balaban J connectivity index is 2.01. The number of hydrogen-bond acceptors (Lipinski definition) is 3. The van der Waals surface area contributed by atoms with E-state index in [0.717, 1.165) is 18.5 Å². The number of pyridine rings is 1. The fourth-order valence-electron chi connectivity index (χ4n) is 2.15. The maximum atomic E-state index is 12.0. The van der Waals surface area contributed by atoms with Crippen LogP contribution in [0.4, 0.5) is 0 Å². The molecule has 4 nitrogen and oxygen atoms in total. The van der Waals surface area contributed by atoms with E-state index < -0.39 is 0 Å². The molecule has 104 valence electrons. The minimum atomic E-state index is -0.266. The van der Waals surface area contributed by atoms with Gasteiger partial charge in [0.1, 0.15) is 5.15 Å². The van der Waals surface area contributed by atoms with Crippen LogP contribution in [0.2, 0.25) is 5.15 Å². The third-order valence-electron chi connectivity index (χ3n) is 3.29. The normalized spacial score (nSPS) is 16.0. The van der Waals surface area contributed by atoms with Crippen LogP contribution in [-0.4, -0.2) is 17.0 Å². The molecule has 0 spiro atoms. The van der Waals surface area contributed by atoms with Crippen molar-refractivity contribution >= 4 is 17.5 Å². The predicted molar refractivity (Wildman–Crippen MR) is 74.1 cm³/mol. The largest absolute Gasteiger partial charge is 0.275 e. The van der Waals surface area contributed by atoms with Crippen molar-refractivity contribution < 1.29 is 9.63 Å². The minimum absolute atomic E-state index is 0.144. The van der Waals surface area contributed by atoms with Gasteiger partial charge in [-0.1, -0.05) is 38.3 Å². The Morgan fingerprint density at radius 1 is 1.42 bits per heavy atom. The summed E-state index contributed by atoms with van der Waals surface area (Å²) in [6, 6.07) is 3.31. The van der Waals surface area contributed by atoms with Gasteiger partial charge in [0.2, 0.25) is 0 Å². The van der Waals surface area contributed by atoms with E-state index in [1.54, 1.807) is 12.1 Å². The van der Waals surface area contributed by atoms with E-state index >= 15 is 0 Å². The second-order valence-corrected chi connectivity index (χ2v) is 5.60. The average Bonchev–Trinajstić information content (AvgIpc) is 2.88. The summed E-state index contributed by atoms with van der Waals surface area (Å²) in [4.78, 5) is 21.6. The van der Waals surface area contributed by atoms with E-state index in [1.165, 1.54) is 12.8 Å². The molecule has 1 aromatic heterocycles. The van der Waals surface area contributed by atoms with Gasteiger partial charge < -0.3 is 0 Å². The lowest BCUT2D eigenvalue weighted by molar-refractivity contribution is -0.0125. The van der Waals surface area contributed by atoms with Crippen molar-refractivity contribution in [1.29, 1.82) is 0 Å². The van der Waals surface area contributed by atoms with Crippen LogP contribution in [0, 0.1) is 0 Å². The van der Waals surface area contributed by atoms with Crippen molar-refractivity contribution in [3.05, 3.63) is 28.5 Å². The van der Waals surface area contributed by atoms with Crippen LogP contribution in [0.5, 0.6) is 0 Å². The summed E-state index contributed by atoms with van der Waals surface area (Å²) >= 11 is 5.93. The Hall–Kier alpha value is -1.13. The highest BCUT2D eigenvalue weighted by atomic mass is 35.5. The molecule has 19 heavy (non-hydrogen) atoms. The molecule has 1 saturated carbocycles. The molecule has 1 aliphatic rings. The number of rotatable bonds is 4. The van der Waals surface area contributed by atoms with E-state index in [2.05, 4.69) is 10.5 Å². The number of carbonyl (C=O) groups is 1. The molecule has 1 fully saturated rings. The molecule has 0 atom stereocenters. The van der Waals surface area contributed by atoms with Gasteiger partial charge in [0.15, 0.2) is 0 Å². The van der Waals surface area contributed by atoms with Gasteiger partial charge in [-0.2, -0.15) is 0 Å². The minimum Gasteiger partial charge on any atom is -0.270 e. The zero-order chi connectivity index (χ0) is 13.8. The molecular weight excluding hydrogens is 264 g/mol. The molecule has 1 aromatic rings. The molecule has 2 rings (SSSR count). The molecule has 0 bridgehead atoms. The summed E-state index contributed by atoms with van der Waals surface area (Å²) in [6.07, 6.45) is 4.49. The second-order valence-electron chi connectivity index (χ2n) is 5.21. The molecule has 0 saturated heterocycles. The van der Waals surface area contributed by atoms with Crippen molar-refractivity contribution in [3.8, 4) is 0 Å². The third kappa shape index (κ3) is 3.91. The van der Waals surface area contributed by atoms with Crippen LogP contribution >= 0.6 is 11.6 Å². The summed E-state index contributed by atoms with van der Waals surface area (Å²) < 4.78 is 0. The number of nitrogens with one attached hydrogen (secondary N) is 1. The van der Waals surface area contributed by atoms with E-state index in [1.807, 2.05) is 13.8 Å². The van der Waals surface area contributed by atoms with Gasteiger partial charge in [-0.15, -0.1) is 0 Å². The molecule has 0 unspecified atom stereocenters. The predicted octanol–water partition coefficient (Wildman–Crippen LogP) is 3.46. The monoisotopic (exact) mass is 282 g/mol. The van der Waals surface area contributed by atoms with Gasteiger partial charge in [-0.25, -0.2) is 10.5 Å². The molecule has 5 heteroatoms. The number of amides is 1. The summed E-state index contributed by atoms with van der Waals surface area (Å²) in [7, 11) is 0. The molecule has 1 amide bonds. The first kappa shape index (κ1) is 14.3. The maximum absolute atomic E-state index is 12.0. The van der Waals surface area contributed by atoms with Gasteiger partial charge in [-0.3, -0.25) is 9.63 Å². The Labute approximate surface area is 118 Å². The number of carbonyl (C=O) groups excluding carboxylic acids is 1. The molecule has 0 radical (unpaired) electrons. The molecule has 0 aliphatic heterocycles. The lowest BCUT2D eigenvalue weighted by Gasteiger charge is -2.12. The molecule has 1 aliphatic carbocycles. The van der Waals surface area contributed by atoms with Gasteiger partial charge in [0.05, 0.1) is 6.10 Å². The van der Waals surface area contributed by atoms with Crippen LogP contribution < -0.4 is 5.48 Å². The van der Waals surface area contributed by atoms with Gasteiger partial charge in [0, 0.05) is 11.3 Å². The summed E-state index contributed by atoms with van der Waals surface area (Å²) in [6.45, 7) is 4.02. The van der Waals surface area contributed by atoms with Gasteiger partial charge >= 0.3 is 0 Å². The van der Waals surface area contributed by atoms with Crippen molar-refractivity contribution in [2.75, 3.05) is 0 Å². The van der Waals surface area contributed by atoms with Crippen LogP contribution in [0.15, 0.2) is 12.1 Å². The number of hydroxylamine groups is 1. The van der Waals surface area contributed by atoms with Crippen molar-refractivity contribution in [3.63, 3.8) is 0 Å². The summed E-state index contributed by atoms with van der Waals surface area (Å²) in [5.74, 6) is -0.0425. The van der Waals surface area contributed by atoms with E-state index in [-0.39, 0.29) is 17.9 Å². The number of hydrogen-bond donors (Lipinski definition) is 1. The Morgan fingerprint density at radius 2 is 2.11 bits per heavy atom. The molecule has 1 heterocycles. The van der Waals surface area contributed by atoms with Crippen molar-refractivity contribution in [2.24, 2.45) is 0 Å². The standard InChI is InChI=1S/C14H19ClN2O2/c1-9(2)12-7-10(8-13(15)16-12)14(18)17-19-11-5-3-4-6-11/h7-9,11H,3-6H2,1-2H3,(H,17,18). The lowest BCUT2D eigenvalue weighted by Crippen LogP contribution is -2.28. The number of nitrogens with zero attached hydrogens (tertiary/aromatic N) is 1. The van der Waals surface area contributed by atoms with E-state index in [0.29, 0.717) is 10.7 Å². The summed E-state index contributed by atoms with van der Waals surface area (Å²) in [5, 5.41) is 0.331. The first-order chi connectivity index (χ1) is 9.06. The molecular formula is C14H19ClN2O2. The van der Waals surface area contributed by atoms with Crippen molar-refractivity contribution in [2.45, 2.75) is 51.6 Å². The quantitative estimate of drug-likeness (QED) is 0.680. The van der Waals surface area contributed by atoms with Crippen molar-refractivity contribution in [1.82, 2.24) is 10.5 Å². The SMILES string of the molecule is CC(C)c1cc(C(=O)NOC2CCCC2)cc(Cl)n1. The number of halogens is 1. The average molecular weight is 283 g/mol. The van der Waals surface area contributed by atoms with Crippen LogP contribution in [-0.2, 0) is 4.84 Å². The highest BCUT2D eigenvalue weighted by molar-refractivity contribution is 6.29. The smallest absolute Gasteiger partial charge is 0.270 e. The second kappa shape index (κ2) is 6.35. The Bertz CT molecular complexity index is 457. The third-order valence-corrected chi connectivity index (χ3v) is 3.48. The topological polar surface area (TPSA) is 51.2 Å². The van der Waals surface area contributed by atoms with Crippen LogP contribution in [0.3, 0.4) is 0 Å². The lowest BCUT2D eigenvalue weighted by atomic mass is 10.1. The van der Waals surface area contributed by atoms with E-state index in [4.69, 9.17) is 16.4 Å². The first-order valence-electron chi connectivity index (χ1n) is 6.69. The number of aromatic nitrogens is 1. The Morgan fingerprint density at radius 3 is 2.74 bits per heavy atom. The van der Waals surface area contributed by atoms with E-state index in [9.17, 15) is 4.79 Å². The molecule has 0 aromatic carbocycles. The molecule has 1 N–H and O–H groups in total. The van der Waals surface area contributed by atoms with Gasteiger partial charge in [-0.05, 0) is 30.9 Å². The highest BCUT2D eigenvalue weighted by Crippen LogP contribution is 2.21. The van der Waals surface area contributed by atoms with Crippen LogP contribution in [0.25, 0.3) is 0 Å². The maximum Gasteiger partial charge on any atom is 0.275 e. The van der Waals surface area contributed by atoms with Gasteiger partial charge in [0.25, 0.3) is 5.91 Å². The zero-order valence-corrected chi connectivity index (χ0v) is 12.0. The summed E-state index contributed by atoms with van der Waals surface area (Å²) in [5.41, 5.74) is 3.80. The highest BCUT2D eigenvalue weighted by Gasteiger charge is 2.18.